The summed E-state index contributed by atoms with van der Waals surface area (Å²) in [5, 5.41) is 9.60. The molecule has 0 heterocycles. The molecule has 0 aliphatic carbocycles. The number of halogens is 1. The molecule has 1 unspecified atom stereocenters. The maximum absolute atomic E-state index is 12.6. The average molecular weight is 396 g/mol. The molecule has 140 valence electrons. The molecule has 2 N–H and O–H groups in total. The summed E-state index contributed by atoms with van der Waals surface area (Å²) in [6.45, 7) is 6.21. The lowest BCUT2D eigenvalue weighted by Gasteiger charge is -2.22. The zero-order chi connectivity index (χ0) is 19.5. The van der Waals surface area contributed by atoms with Crippen LogP contribution in [0.2, 0.25) is 5.02 Å². The Morgan fingerprint density at radius 1 is 1.08 bits per heavy atom. The fraction of sp³-hybridized carbons (Fsp3) is 0.316. The molecular formula is C19H22ClNO4S. The summed E-state index contributed by atoms with van der Waals surface area (Å²) in [5.74, 6) is -1.09. The molecule has 0 saturated carbocycles. The van der Waals surface area contributed by atoms with E-state index in [1.165, 1.54) is 24.3 Å². The number of rotatable bonds is 6. The maximum Gasteiger partial charge on any atom is 0.305 e. The van der Waals surface area contributed by atoms with Gasteiger partial charge in [0.25, 0.3) is 0 Å². The minimum Gasteiger partial charge on any atom is -0.481 e. The highest BCUT2D eigenvalue weighted by Gasteiger charge is 2.24. The third-order valence-electron chi connectivity index (χ3n) is 3.98. The van der Waals surface area contributed by atoms with Crippen molar-refractivity contribution >= 4 is 27.6 Å². The van der Waals surface area contributed by atoms with E-state index in [9.17, 15) is 18.3 Å². The van der Waals surface area contributed by atoms with Gasteiger partial charge in [0, 0.05) is 5.02 Å². The number of aliphatic carboxylic acids is 1. The first-order chi connectivity index (χ1) is 12.0. The van der Waals surface area contributed by atoms with E-state index >= 15 is 0 Å². The standard InChI is InChI=1S/C19H22ClNO4S/c1-19(2,3)14-6-4-13(5-7-14)17(12-18(22)23)21-26(24,25)16-10-8-15(20)9-11-16/h4-11,17,21H,12H2,1-3H3,(H,22,23). The van der Waals surface area contributed by atoms with Crippen LogP contribution in [0.4, 0.5) is 0 Å². The summed E-state index contributed by atoms with van der Waals surface area (Å²) in [7, 11) is -3.88. The van der Waals surface area contributed by atoms with E-state index in [-0.39, 0.29) is 16.7 Å². The highest BCUT2D eigenvalue weighted by molar-refractivity contribution is 7.89. The normalized spacial score (nSPS) is 13.4. The van der Waals surface area contributed by atoms with Crippen LogP contribution in [0.1, 0.15) is 44.4 Å². The van der Waals surface area contributed by atoms with Crippen LogP contribution in [0.5, 0.6) is 0 Å². The van der Waals surface area contributed by atoms with Crippen molar-refractivity contribution in [3.63, 3.8) is 0 Å². The molecule has 0 amide bonds. The van der Waals surface area contributed by atoms with Gasteiger partial charge in [0.05, 0.1) is 17.4 Å². The second-order valence-electron chi connectivity index (χ2n) is 7.10. The Labute approximate surface area is 159 Å². The van der Waals surface area contributed by atoms with E-state index in [4.69, 9.17) is 11.6 Å². The van der Waals surface area contributed by atoms with Crippen molar-refractivity contribution in [1.82, 2.24) is 4.72 Å². The molecule has 2 aromatic rings. The number of sulfonamides is 1. The van der Waals surface area contributed by atoms with Crippen LogP contribution in [0, 0.1) is 0 Å². The Morgan fingerprint density at radius 3 is 2.08 bits per heavy atom. The van der Waals surface area contributed by atoms with Gasteiger partial charge in [0.1, 0.15) is 0 Å². The summed E-state index contributed by atoms with van der Waals surface area (Å²) in [6.07, 6.45) is -0.359. The van der Waals surface area contributed by atoms with Crippen molar-refractivity contribution in [2.45, 2.75) is 43.5 Å². The molecule has 2 aromatic carbocycles. The summed E-state index contributed by atoms with van der Waals surface area (Å²) in [6, 6.07) is 12.1. The number of hydrogen-bond donors (Lipinski definition) is 2. The van der Waals surface area contributed by atoms with Gasteiger partial charge in [-0.05, 0) is 40.8 Å². The lowest BCUT2D eigenvalue weighted by molar-refractivity contribution is -0.137. The molecule has 0 fully saturated rings. The number of hydrogen-bond acceptors (Lipinski definition) is 3. The average Bonchev–Trinajstić information content (AvgIpc) is 2.53. The molecule has 0 radical (unpaired) electrons. The van der Waals surface area contributed by atoms with Gasteiger partial charge < -0.3 is 5.11 Å². The minimum atomic E-state index is -3.88. The molecule has 26 heavy (non-hydrogen) atoms. The Hall–Kier alpha value is -1.89. The van der Waals surface area contributed by atoms with Gasteiger partial charge >= 0.3 is 5.97 Å². The van der Waals surface area contributed by atoms with Crippen LogP contribution < -0.4 is 4.72 Å². The zero-order valence-corrected chi connectivity index (χ0v) is 16.4. The lowest BCUT2D eigenvalue weighted by Crippen LogP contribution is -2.30. The van der Waals surface area contributed by atoms with E-state index in [0.717, 1.165) is 5.56 Å². The fourth-order valence-electron chi connectivity index (χ4n) is 2.49. The van der Waals surface area contributed by atoms with Gasteiger partial charge in [0.15, 0.2) is 0 Å². The minimum absolute atomic E-state index is 0.0311. The molecular weight excluding hydrogens is 374 g/mol. The summed E-state index contributed by atoms with van der Waals surface area (Å²) < 4.78 is 27.7. The molecule has 0 saturated heterocycles. The predicted molar refractivity (Wildman–Crippen MR) is 102 cm³/mol. The van der Waals surface area contributed by atoms with Crippen molar-refractivity contribution in [3.05, 3.63) is 64.7 Å². The summed E-state index contributed by atoms with van der Waals surface area (Å²) in [4.78, 5) is 11.3. The molecule has 0 aliphatic rings. The third kappa shape index (κ3) is 5.30. The highest BCUT2D eigenvalue weighted by atomic mass is 35.5. The summed E-state index contributed by atoms with van der Waals surface area (Å²) in [5.41, 5.74) is 1.62. The Morgan fingerprint density at radius 2 is 1.62 bits per heavy atom. The number of carboxylic acid groups (broad SMARTS) is 1. The number of carbonyl (C=O) groups is 1. The Bertz CT molecular complexity index is 869. The Kier molecular flexibility index (Phi) is 6.11. The Balaban J connectivity index is 2.32. The van der Waals surface area contributed by atoms with Crippen LogP contribution >= 0.6 is 11.6 Å². The molecule has 0 aliphatic heterocycles. The van der Waals surface area contributed by atoms with Crippen LogP contribution in [0.3, 0.4) is 0 Å². The molecule has 0 bridgehead atoms. The van der Waals surface area contributed by atoms with Crippen molar-refractivity contribution in [1.29, 1.82) is 0 Å². The molecule has 0 spiro atoms. The largest absolute Gasteiger partial charge is 0.481 e. The van der Waals surface area contributed by atoms with Crippen molar-refractivity contribution < 1.29 is 18.3 Å². The second kappa shape index (κ2) is 7.78. The van der Waals surface area contributed by atoms with Gasteiger partial charge in [-0.2, -0.15) is 0 Å². The first-order valence-electron chi connectivity index (χ1n) is 8.09. The van der Waals surface area contributed by atoms with Gasteiger partial charge in [-0.15, -0.1) is 0 Å². The van der Waals surface area contributed by atoms with Gasteiger partial charge in [-0.1, -0.05) is 56.6 Å². The quantitative estimate of drug-likeness (QED) is 0.770. The molecule has 0 aromatic heterocycles. The van der Waals surface area contributed by atoms with Gasteiger partial charge in [0.2, 0.25) is 10.0 Å². The number of nitrogens with one attached hydrogen (secondary N) is 1. The smallest absolute Gasteiger partial charge is 0.305 e. The van der Waals surface area contributed by atoms with Gasteiger partial charge in [-0.3, -0.25) is 4.79 Å². The summed E-state index contributed by atoms with van der Waals surface area (Å²) >= 11 is 5.79. The molecule has 2 rings (SSSR count). The number of carboxylic acids is 1. The lowest BCUT2D eigenvalue weighted by atomic mass is 9.86. The zero-order valence-electron chi connectivity index (χ0n) is 14.9. The van der Waals surface area contributed by atoms with Crippen LogP contribution in [0.15, 0.2) is 53.4 Å². The topological polar surface area (TPSA) is 83.5 Å². The van der Waals surface area contributed by atoms with E-state index in [1.807, 2.05) is 12.1 Å². The van der Waals surface area contributed by atoms with Crippen molar-refractivity contribution in [2.75, 3.05) is 0 Å². The van der Waals surface area contributed by atoms with Crippen LogP contribution in [-0.2, 0) is 20.2 Å². The first-order valence-corrected chi connectivity index (χ1v) is 9.95. The fourth-order valence-corrected chi connectivity index (χ4v) is 3.84. The van der Waals surface area contributed by atoms with Crippen molar-refractivity contribution in [3.8, 4) is 0 Å². The predicted octanol–water partition coefficient (Wildman–Crippen LogP) is 4.13. The maximum atomic E-state index is 12.6. The molecule has 5 nitrogen and oxygen atoms in total. The second-order valence-corrected chi connectivity index (χ2v) is 9.25. The SMILES string of the molecule is CC(C)(C)c1ccc(C(CC(=O)O)NS(=O)(=O)c2ccc(Cl)cc2)cc1. The molecule has 1 atom stereocenters. The van der Waals surface area contributed by atoms with E-state index in [1.54, 1.807) is 12.1 Å². The van der Waals surface area contributed by atoms with Crippen LogP contribution in [-0.4, -0.2) is 19.5 Å². The highest BCUT2D eigenvalue weighted by Crippen LogP contribution is 2.26. The van der Waals surface area contributed by atoms with Crippen LogP contribution in [0.25, 0.3) is 0 Å². The first kappa shape index (κ1) is 20.4. The number of benzene rings is 2. The third-order valence-corrected chi connectivity index (χ3v) is 5.72. The van der Waals surface area contributed by atoms with E-state index < -0.39 is 22.0 Å². The van der Waals surface area contributed by atoms with Gasteiger partial charge in [-0.25, -0.2) is 13.1 Å². The monoisotopic (exact) mass is 395 g/mol. The van der Waals surface area contributed by atoms with E-state index in [0.29, 0.717) is 10.6 Å². The van der Waals surface area contributed by atoms with E-state index in [2.05, 4.69) is 25.5 Å². The van der Waals surface area contributed by atoms with Crippen molar-refractivity contribution in [2.24, 2.45) is 0 Å². The molecule has 7 heteroatoms.